The Hall–Kier alpha value is -1.75. The number of carbonyl (C=O) groups is 1. The van der Waals surface area contributed by atoms with Gasteiger partial charge in [0.25, 0.3) is 0 Å². The molecule has 0 bridgehead atoms. The van der Waals surface area contributed by atoms with E-state index in [1.165, 1.54) is 0 Å². The third kappa shape index (κ3) is 3.86. The average Bonchev–Trinajstić information content (AvgIpc) is 3.10. The van der Waals surface area contributed by atoms with Gasteiger partial charge in [-0.3, -0.25) is 5.32 Å². The summed E-state index contributed by atoms with van der Waals surface area (Å²) in [5.41, 5.74) is 1.07. The van der Waals surface area contributed by atoms with Crippen LogP contribution in [0.1, 0.15) is 32.4 Å². The summed E-state index contributed by atoms with van der Waals surface area (Å²) < 4.78 is 15.7. The van der Waals surface area contributed by atoms with Crippen molar-refractivity contribution in [3.63, 3.8) is 0 Å². The van der Waals surface area contributed by atoms with Crippen LogP contribution >= 0.6 is 0 Å². The Balaban J connectivity index is 2.15. The van der Waals surface area contributed by atoms with E-state index >= 15 is 0 Å². The lowest BCUT2D eigenvalue weighted by atomic mass is 10.1. The number of ether oxygens (including phenoxy) is 3. The van der Waals surface area contributed by atoms with Gasteiger partial charge in [-0.1, -0.05) is 6.07 Å². The second kappa shape index (κ2) is 5.09. The molecule has 1 aliphatic rings. The summed E-state index contributed by atoms with van der Waals surface area (Å²) in [6.45, 7) is 6.14. The fourth-order valence-electron chi connectivity index (χ4n) is 1.69. The van der Waals surface area contributed by atoms with Gasteiger partial charge in [0.15, 0.2) is 0 Å². The van der Waals surface area contributed by atoms with Gasteiger partial charge in [-0.25, -0.2) is 4.79 Å². The molecule has 1 aromatic rings. The molecule has 19 heavy (non-hydrogen) atoms. The number of benzene rings is 1. The van der Waals surface area contributed by atoms with E-state index in [0.29, 0.717) is 18.0 Å². The first-order valence-electron chi connectivity index (χ1n) is 6.18. The maximum absolute atomic E-state index is 11.8. The highest BCUT2D eigenvalue weighted by Crippen LogP contribution is 2.37. The van der Waals surface area contributed by atoms with Gasteiger partial charge in [0.1, 0.15) is 17.5 Å². The van der Waals surface area contributed by atoms with E-state index in [9.17, 15) is 4.79 Å². The molecule has 0 unspecified atom stereocenters. The molecule has 0 aliphatic carbocycles. The number of carbonyl (C=O) groups excluding carboxylic acids is 1. The third-order valence-electron chi connectivity index (χ3n) is 2.58. The zero-order valence-electron chi connectivity index (χ0n) is 11.6. The van der Waals surface area contributed by atoms with Gasteiger partial charge < -0.3 is 14.2 Å². The minimum Gasteiger partial charge on any atom is -0.497 e. The number of rotatable bonds is 3. The molecule has 0 spiro atoms. The zero-order valence-corrected chi connectivity index (χ0v) is 11.6. The Labute approximate surface area is 112 Å². The van der Waals surface area contributed by atoms with Crippen LogP contribution < -0.4 is 10.1 Å². The van der Waals surface area contributed by atoms with Gasteiger partial charge in [-0.2, -0.15) is 0 Å². The molecule has 5 heteroatoms. The van der Waals surface area contributed by atoms with Crippen LogP contribution in [0, 0.1) is 0 Å². The summed E-state index contributed by atoms with van der Waals surface area (Å²) in [6.07, 6.45) is -0.432. The van der Waals surface area contributed by atoms with Crippen LogP contribution in [0.2, 0.25) is 0 Å². The van der Waals surface area contributed by atoms with Crippen LogP contribution in [-0.2, 0) is 9.47 Å². The zero-order chi connectivity index (χ0) is 14.0. The van der Waals surface area contributed by atoms with Crippen molar-refractivity contribution in [2.24, 2.45) is 0 Å². The van der Waals surface area contributed by atoms with E-state index in [2.05, 4.69) is 5.32 Å². The Morgan fingerprint density at radius 3 is 2.63 bits per heavy atom. The number of methoxy groups -OCH3 is 1. The van der Waals surface area contributed by atoms with Crippen molar-refractivity contribution in [3.8, 4) is 5.75 Å². The first-order chi connectivity index (χ1) is 8.89. The summed E-state index contributed by atoms with van der Waals surface area (Å²) in [4.78, 5) is 11.8. The van der Waals surface area contributed by atoms with Gasteiger partial charge in [0.05, 0.1) is 19.4 Å². The Kier molecular flexibility index (Phi) is 3.66. The average molecular weight is 265 g/mol. The topological polar surface area (TPSA) is 60.1 Å². The quantitative estimate of drug-likeness (QED) is 0.853. The lowest BCUT2D eigenvalue weighted by molar-refractivity contribution is 0.0636. The normalized spacial score (nSPS) is 17.8. The number of amides is 1. The molecule has 1 N–H and O–H groups in total. The Bertz CT molecular complexity index is 475. The maximum Gasteiger partial charge on any atom is 0.412 e. The lowest BCUT2D eigenvalue weighted by Crippen LogP contribution is -2.27. The van der Waals surface area contributed by atoms with Gasteiger partial charge in [-0.05, 0) is 26.8 Å². The van der Waals surface area contributed by atoms with Crippen molar-refractivity contribution in [2.75, 3.05) is 19.0 Å². The van der Waals surface area contributed by atoms with E-state index in [-0.39, 0.29) is 6.10 Å². The molecular formula is C14H19NO4. The summed E-state index contributed by atoms with van der Waals surface area (Å²) in [6, 6.07) is 5.50. The molecule has 1 amide bonds. The molecule has 0 radical (unpaired) electrons. The molecule has 1 fully saturated rings. The Morgan fingerprint density at radius 2 is 2.11 bits per heavy atom. The van der Waals surface area contributed by atoms with E-state index < -0.39 is 11.7 Å². The smallest absolute Gasteiger partial charge is 0.412 e. The molecule has 2 rings (SSSR count). The van der Waals surface area contributed by atoms with Crippen molar-refractivity contribution >= 4 is 11.8 Å². The van der Waals surface area contributed by atoms with E-state index in [1.807, 2.05) is 32.9 Å². The molecule has 5 nitrogen and oxygen atoms in total. The molecule has 0 aromatic heterocycles. The minimum absolute atomic E-state index is 0.0517. The van der Waals surface area contributed by atoms with Crippen LogP contribution in [0.15, 0.2) is 18.2 Å². The van der Waals surface area contributed by atoms with Gasteiger partial charge in [-0.15, -0.1) is 0 Å². The molecule has 1 aromatic carbocycles. The number of epoxide rings is 1. The van der Waals surface area contributed by atoms with Crippen LogP contribution in [0.3, 0.4) is 0 Å². The largest absolute Gasteiger partial charge is 0.497 e. The second-order valence-corrected chi connectivity index (χ2v) is 5.40. The standard InChI is InChI=1S/C14H19NO4/c1-14(2,3)19-13(16)15-11-7-9(17-4)5-6-10(11)12-8-18-12/h5-7,12H,8H2,1-4H3,(H,15,16)/t12-/m0/s1. The summed E-state index contributed by atoms with van der Waals surface area (Å²) >= 11 is 0. The third-order valence-corrected chi connectivity index (χ3v) is 2.58. The molecule has 104 valence electrons. The van der Waals surface area contributed by atoms with Crippen LogP contribution in [-0.4, -0.2) is 25.4 Å². The van der Waals surface area contributed by atoms with E-state index in [4.69, 9.17) is 14.2 Å². The highest BCUT2D eigenvalue weighted by Gasteiger charge is 2.28. The van der Waals surface area contributed by atoms with Gasteiger partial charge >= 0.3 is 6.09 Å². The fraction of sp³-hybridized carbons (Fsp3) is 0.500. The second-order valence-electron chi connectivity index (χ2n) is 5.40. The summed E-state index contributed by atoms with van der Waals surface area (Å²) in [5.74, 6) is 0.676. The van der Waals surface area contributed by atoms with Crippen LogP contribution in [0.25, 0.3) is 0 Å². The highest BCUT2D eigenvalue weighted by atomic mass is 16.6. The van der Waals surface area contributed by atoms with Crippen molar-refractivity contribution in [3.05, 3.63) is 23.8 Å². The molecule has 1 saturated heterocycles. The monoisotopic (exact) mass is 265 g/mol. The minimum atomic E-state index is -0.529. The number of anilines is 1. The summed E-state index contributed by atoms with van der Waals surface area (Å²) in [5, 5.41) is 2.74. The van der Waals surface area contributed by atoms with Gasteiger partial charge in [0.2, 0.25) is 0 Å². The van der Waals surface area contributed by atoms with Gasteiger partial charge in [0, 0.05) is 11.6 Å². The number of hydrogen-bond donors (Lipinski definition) is 1. The highest BCUT2D eigenvalue weighted by molar-refractivity contribution is 5.86. The van der Waals surface area contributed by atoms with E-state index in [1.54, 1.807) is 13.2 Å². The maximum atomic E-state index is 11.8. The molecular weight excluding hydrogens is 246 g/mol. The van der Waals surface area contributed by atoms with Crippen LogP contribution in [0.4, 0.5) is 10.5 Å². The van der Waals surface area contributed by atoms with E-state index in [0.717, 1.165) is 5.56 Å². The SMILES string of the molecule is COc1ccc([C@@H]2CO2)c(NC(=O)OC(C)(C)C)c1. The van der Waals surface area contributed by atoms with Crippen molar-refractivity contribution in [1.82, 2.24) is 0 Å². The molecule has 0 saturated carbocycles. The predicted molar refractivity (Wildman–Crippen MR) is 71.5 cm³/mol. The number of nitrogens with one attached hydrogen (secondary N) is 1. The first-order valence-corrected chi connectivity index (χ1v) is 6.18. The van der Waals surface area contributed by atoms with Crippen molar-refractivity contribution in [1.29, 1.82) is 0 Å². The lowest BCUT2D eigenvalue weighted by Gasteiger charge is -2.20. The number of hydrogen-bond acceptors (Lipinski definition) is 4. The summed E-state index contributed by atoms with van der Waals surface area (Å²) in [7, 11) is 1.58. The van der Waals surface area contributed by atoms with Crippen molar-refractivity contribution in [2.45, 2.75) is 32.5 Å². The predicted octanol–water partition coefficient (Wildman–Crippen LogP) is 3.11. The van der Waals surface area contributed by atoms with Crippen LogP contribution in [0.5, 0.6) is 5.75 Å². The molecule has 1 aliphatic heterocycles. The molecule has 1 atom stereocenters. The fourth-order valence-corrected chi connectivity index (χ4v) is 1.69. The molecule has 1 heterocycles. The van der Waals surface area contributed by atoms with Crippen molar-refractivity contribution < 1.29 is 19.0 Å². The Morgan fingerprint density at radius 1 is 1.42 bits per heavy atom. The first kappa shape index (κ1) is 13.7.